The van der Waals surface area contributed by atoms with Gasteiger partial charge in [0.15, 0.2) is 0 Å². The van der Waals surface area contributed by atoms with E-state index in [2.05, 4.69) is 56.6 Å². The second-order valence-electron chi connectivity index (χ2n) is 6.06. The minimum Gasteiger partial charge on any atom is -0.321 e. The maximum atomic E-state index is 4.45. The number of rotatable bonds is 4. The van der Waals surface area contributed by atoms with Crippen LogP contribution in [0.4, 0.5) is 0 Å². The Morgan fingerprint density at radius 2 is 2.12 bits per heavy atom. The van der Waals surface area contributed by atoms with Crippen molar-refractivity contribution in [2.75, 3.05) is 0 Å². The monoisotopic (exact) mass is 318 g/mol. The van der Waals surface area contributed by atoms with Crippen LogP contribution in [0.25, 0.3) is 22.3 Å². The van der Waals surface area contributed by atoms with Crippen molar-refractivity contribution in [3.8, 4) is 11.3 Å². The van der Waals surface area contributed by atoms with Gasteiger partial charge in [0.1, 0.15) is 23.4 Å². The van der Waals surface area contributed by atoms with E-state index >= 15 is 0 Å². The number of benzene rings is 1. The Balaban J connectivity index is 1.67. The Hall–Kier alpha value is -3.02. The lowest BCUT2D eigenvalue weighted by atomic mass is 9.95. The third-order valence-electron chi connectivity index (χ3n) is 4.34. The van der Waals surface area contributed by atoms with Crippen LogP contribution in [0.15, 0.2) is 48.9 Å². The molecule has 3 aromatic heterocycles. The summed E-state index contributed by atoms with van der Waals surface area (Å²) >= 11 is 0. The van der Waals surface area contributed by atoms with Crippen LogP contribution in [0.3, 0.4) is 0 Å². The molecule has 0 aliphatic rings. The summed E-state index contributed by atoms with van der Waals surface area (Å²) in [5.74, 6) is 1.32. The van der Waals surface area contributed by atoms with E-state index in [4.69, 9.17) is 0 Å². The third-order valence-corrected chi connectivity index (χ3v) is 4.34. The first-order valence-corrected chi connectivity index (χ1v) is 7.94. The molecule has 1 atom stereocenters. The van der Waals surface area contributed by atoms with Crippen LogP contribution in [0, 0.1) is 0 Å². The molecule has 1 aromatic carbocycles. The van der Waals surface area contributed by atoms with Crippen molar-refractivity contribution in [3.05, 3.63) is 60.3 Å². The van der Waals surface area contributed by atoms with Gasteiger partial charge < -0.3 is 4.57 Å². The minimum atomic E-state index is 0.339. The summed E-state index contributed by atoms with van der Waals surface area (Å²) in [5.41, 5.74) is 5.06. The fourth-order valence-electron chi connectivity index (χ4n) is 2.93. The second kappa shape index (κ2) is 5.88. The average Bonchev–Trinajstić information content (AvgIpc) is 3.21. The molecule has 0 saturated heterocycles. The van der Waals surface area contributed by atoms with Crippen LogP contribution in [0.2, 0.25) is 0 Å². The first-order chi connectivity index (χ1) is 11.7. The van der Waals surface area contributed by atoms with E-state index in [0.717, 1.165) is 34.5 Å². The van der Waals surface area contributed by atoms with Crippen molar-refractivity contribution in [2.45, 2.75) is 19.3 Å². The van der Waals surface area contributed by atoms with Crippen LogP contribution in [-0.2, 0) is 13.5 Å². The number of aromatic amines is 1. The Kier molecular flexibility index (Phi) is 3.57. The molecular formula is C18H18N6. The van der Waals surface area contributed by atoms with Gasteiger partial charge >= 0.3 is 0 Å². The summed E-state index contributed by atoms with van der Waals surface area (Å²) in [6.07, 6.45) is 4.38. The van der Waals surface area contributed by atoms with Gasteiger partial charge in [-0.2, -0.15) is 5.10 Å². The maximum Gasteiger partial charge on any atom is 0.133 e. The first kappa shape index (κ1) is 14.6. The zero-order valence-corrected chi connectivity index (χ0v) is 13.6. The first-order valence-electron chi connectivity index (χ1n) is 7.94. The van der Waals surface area contributed by atoms with Crippen molar-refractivity contribution < 1.29 is 0 Å². The van der Waals surface area contributed by atoms with E-state index < -0.39 is 0 Å². The minimum absolute atomic E-state index is 0.339. The Bertz CT molecular complexity index is 984. The lowest BCUT2D eigenvalue weighted by molar-refractivity contribution is 0.681. The number of aryl methyl sites for hydroxylation is 1. The van der Waals surface area contributed by atoms with Gasteiger partial charge in [0, 0.05) is 25.2 Å². The summed E-state index contributed by atoms with van der Waals surface area (Å²) in [7, 11) is 1.97. The van der Waals surface area contributed by atoms with Gasteiger partial charge in [0.05, 0.1) is 5.52 Å². The largest absolute Gasteiger partial charge is 0.321 e. The molecule has 0 saturated carbocycles. The molecule has 6 nitrogen and oxygen atoms in total. The zero-order valence-electron chi connectivity index (χ0n) is 13.6. The summed E-state index contributed by atoms with van der Waals surface area (Å²) in [4.78, 5) is 4.45. The molecule has 0 radical (unpaired) electrons. The molecule has 0 aliphatic carbocycles. The molecule has 24 heavy (non-hydrogen) atoms. The van der Waals surface area contributed by atoms with Gasteiger partial charge in [-0.05, 0) is 29.7 Å². The standard InChI is InChI=1S/C18H18N6/c1-12(9-16-22-20-11-24(16)2)13-5-3-6-14(10-13)17-18-15(21-23-17)7-4-8-19-18/h3-8,10-12H,9H2,1-2H3,(H,21,23). The molecule has 1 unspecified atom stereocenters. The second-order valence-corrected chi connectivity index (χ2v) is 6.06. The van der Waals surface area contributed by atoms with Crippen LogP contribution in [-0.4, -0.2) is 29.9 Å². The molecule has 4 aromatic rings. The number of fused-ring (bicyclic) bond motifs is 1. The number of nitrogens with one attached hydrogen (secondary N) is 1. The fourth-order valence-corrected chi connectivity index (χ4v) is 2.93. The molecule has 4 rings (SSSR count). The third kappa shape index (κ3) is 2.56. The van der Waals surface area contributed by atoms with Crippen molar-refractivity contribution in [3.63, 3.8) is 0 Å². The van der Waals surface area contributed by atoms with Gasteiger partial charge in [0.2, 0.25) is 0 Å². The summed E-state index contributed by atoms with van der Waals surface area (Å²) in [6, 6.07) is 12.4. The number of H-pyrrole nitrogens is 1. The molecule has 3 heterocycles. The molecule has 120 valence electrons. The highest BCUT2D eigenvalue weighted by atomic mass is 15.2. The molecular weight excluding hydrogens is 300 g/mol. The zero-order chi connectivity index (χ0) is 16.5. The van der Waals surface area contributed by atoms with Gasteiger partial charge in [-0.25, -0.2) is 0 Å². The van der Waals surface area contributed by atoms with E-state index in [1.807, 2.05) is 23.7 Å². The molecule has 0 aliphatic heterocycles. The van der Waals surface area contributed by atoms with E-state index in [-0.39, 0.29) is 0 Å². The summed E-state index contributed by atoms with van der Waals surface area (Å²) < 4.78 is 1.96. The van der Waals surface area contributed by atoms with Gasteiger partial charge in [-0.3, -0.25) is 10.1 Å². The van der Waals surface area contributed by atoms with Crippen molar-refractivity contribution >= 4 is 11.0 Å². The smallest absolute Gasteiger partial charge is 0.133 e. The Morgan fingerprint density at radius 1 is 1.21 bits per heavy atom. The molecule has 0 amide bonds. The van der Waals surface area contributed by atoms with E-state index in [0.29, 0.717) is 5.92 Å². The quantitative estimate of drug-likeness (QED) is 0.627. The van der Waals surface area contributed by atoms with Crippen molar-refractivity contribution in [1.82, 2.24) is 29.9 Å². The lowest BCUT2D eigenvalue weighted by Gasteiger charge is -2.12. The highest BCUT2D eigenvalue weighted by molar-refractivity contribution is 5.89. The predicted molar refractivity (Wildman–Crippen MR) is 92.4 cm³/mol. The Morgan fingerprint density at radius 3 is 2.96 bits per heavy atom. The maximum absolute atomic E-state index is 4.45. The fraction of sp³-hybridized carbons (Fsp3) is 0.222. The van der Waals surface area contributed by atoms with Gasteiger partial charge in [-0.15, -0.1) is 10.2 Å². The van der Waals surface area contributed by atoms with Crippen LogP contribution in [0.5, 0.6) is 0 Å². The predicted octanol–water partition coefficient (Wildman–Crippen LogP) is 3.10. The summed E-state index contributed by atoms with van der Waals surface area (Å²) in [6.45, 7) is 2.20. The van der Waals surface area contributed by atoms with Crippen LogP contribution < -0.4 is 0 Å². The van der Waals surface area contributed by atoms with Gasteiger partial charge in [-0.1, -0.05) is 25.1 Å². The van der Waals surface area contributed by atoms with Crippen molar-refractivity contribution in [1.29, 1.82) is 0 Å². The van der Waals surface area contributed by atoms with Crippen molar-refractivity contribution in [2.24, 2.45) is 7.05 Å². The lowest BCUT2D eigenvalue weighted by Crippen LogP contribution is -2.04. The SMILES string of the molecule is CC(Cc1nncn1C)c1cccc(-c2n[nH]c3cccnc23)c1. The number of nitrogens with zero attached hydrogens (tertiary/aromatic N) is 5. The van der Waals surface area contributed by atoms with E-state index in [9.17, 15) is 0 Å². The van der Waals surface area contributed by atoms with E-state index in [1.54, 1.807) is 12.5 Å². The summed E-state index contributed by atoms with van der Waals surface area (Å²) in [5, 5.41) is 15.6. The van der Waals surface area contributed by atoms with Gasteiger partial charge in [0.25, 0.3) is 0 Å². The number of aromatic nitrogens is 6. The van der Waals surface area contributed by atoms with Crippen LogP contribution >= 0.6 is 0 Å². The molecule has 0 bridgehead atoms. The number of hydrogen-bond acceptors (Lipinski definition) is 4. The normalized spacial score (nSPS) is 12.6. The highest BCUT2D eigenvalue weighted by Gasteiger charge is 2.14. The highest BCUT2D eigenvalue weighted by Crippen LogP contribution is 2.28. The number of pyridine rings is 1. The van der Waals surface area contributed by atoms with Crippen LogP contribution in [0.1, 0.15) is 24.2 Å². The topological polar surface area (TPSA) is 72.3 Å². The number of hydrogen-bond donors (Lipinski definition) is 1. The molecule has 1 N–H and O–H groups in total. The molecule has 0 spiro atoms. The molecule has 0 fully saturated rings. The van der Waals surface area contributed by atoms with E-state index in [1.165, 1.54) is 5.56 Å². The Labute approximate surface area is 139 Å². The average molecular weight is 318 g/mol. The molecule has 6 heteroatoms.